The van der Waals surface area contributed by atoms with E-state index in [1.165, 1.54) is 13.5 Å². The number of carbonyl (C=O) groups excluding carboxylic acids is 3. The van der Waals surface area contributed by atoms with Crippen LogP contribution in [-0.2, 0) is 19.1 Å². The maximum Gasteiger partial charge on any atom is 0.325 e. The van der Waals surface area contributed by atoms with E-state index in [9.17, 15) is 14.4 Å². The summed E-state index contributed by atoms with van der Waals surface area (Å²) < 4.78 is 4.38. The monoisotopic (exact) mass is 456 g/mol. The molecule has 0 aliphatic carbocycles. The van der Waals surface area contributed by atoms with E-state index in [2.05, 4.69) is 10.1 Å². The fourth-order valence-electron chi connectivity index (χ4n) is 0.821. The largest absolute Gasteiger partial charge is 0.520 e. The first-order valence-electron chi connectivity index (χ1n) is 3.89. The van der Waals surface area contributed by atoms with Crippen LogP contribution in [0.3, 0.4) is 0 Å². The van der Waals surface area contributed by atoms with Crippen molar-refractivity contribution in [2.24, 2.45) is 0 Å². The van der Waals surface area contributed by atoms with Gasteiger partial charge in [0.2, 0.25) is 0 Å². The molecule has 0 radical (unpaired) electrons. The van der Waals surface area contributed by atoms with Crippen molar-refractivity contribution in [3.05, 3.63) is 0 Å². The zero-order valence-corrected chi connectivity index (χ0v) is 10.4. The molecule has 2 N–H and O–H groups in total. The Morgan fingerprint density at radius 3 is 2.60 bits per heavy atom. The smallest absolute Gasteiger partial charge is 0.325 e. The first-order chi connectivity index (χ1) is 6.65. The predicted octanol–water partition coefficient (Wildman–Crippen LogP) is -0.816. The maximum absolute atomic E-state index is 11.0. The number of ether oxygens (including phenoxy) is 1. The zero-order valence-electron chi connectivity index (χ0n) is 7.99. The van der Waals surface area contributed by atoms with Crippen LogP contribution in [0, 0.1) is 5.41 Å². The van der Waals surface area contributed by atoms with Gasteiger partial charge in [-0.3, -0.25) is 4.79 Å². The van der Waals surface area contributed by atoms with Gasteiger partial charge in [-0.25, -0.2) is 4.79 Å². The molecule has 0 aromatic carbocycles. The van der Waals surface area contributed by atoms with Crippen LogP contribution in [-0.4, -0.2) is 37.5 Å². The molecular formula is C8H11FmN2O4-. The molecule has 0 heterocycles. The van der Waals surface area contributed by atoms with Gasteiger partial charge in [-0.1, -0.05) is 0 Å². The number of rotatable bonds is 7. The molecular weight excluding hydrogens is 445 g/mol. The summed E-state index contributed by atoms with van der Waals surface area (Å²) in [6, 6.07) is -0.874. The Kier molecular flexibility index (Phi) is 7.79. The molecule has 0 aliphatic heterocycles. The summed E-state index contributed by atoms with van der Waals surface area (Å²) in [6.07, 6.45) is 2.14. The zero-order chi connectivity index (χ0) is 11.0. The molecule has 6 nitrogen and oxygen atoms in total. The number of hydrogen-bond donors (Lipinski definition) is 2. The number of nitrogens with one attached hydrogen (secondary N) is 2. The normalized spacial score (nSPS) is 10.5. The van der Waals surface area contributed by atoms with Crippen molar-refractivity contribution < 1.29 is 19.1 Å². The number of amides is 1. The fourth-order valence-corrected chi connectivity index (χ4v) is 0.821. The topological polar surface area (TPSA) is 96.3 Å². The van der Waals surface area contributed by atoms with Crippen LogP contribution in [0.5, 0.6) is 0 Å². The third-order valence-electron chi connectivity index (χ3n) is 1.56. The van der Waals surface area contributed by atoms with Gasteiger partial charge < -0.3 is 20.3 Å². The van der Waals surface area contributed by atoms with Gasteiger partial charge in [0.25, 0.3) is 0 Å². The van der Waals surface area contributed by atoms with Crippen molar-refractivity contribution in [2.75, 3.05) is 7.11 Å². The van der Waals surface area contributed by atoms with Crippen LogP contribution >= 0.6 is 0 Å². The molecule has 0 saturated heterocycles. The summed E-state index contributed by atoms with van der Waals surface area (Å²) in [5.41, 5.74) is 0. The van der Waals surface area contributed by atoms with Crippen LogP contribution in [0.4, 0.5) is 0 Å². The molecule has 1 atom stereocenters. The molecule has 0 aromatic heterocycles. The Hall–Kier alpha value is -2.72. The minimum absolute atomic E-state index is 0. The molecule has 0 saturated carbocycles. The van der Waals surface area contributed by atoms with Gasteiger partial charge in [-0.15, -0.1) is 0 Å². The van der Waals surface area contributed by atoms with Crippen LogP contribution in [0.15, 0.2) is 0 Å². The molecule has 0 rings (SSSR count). The first kappa shape index (κ1) is 14.8. The summed E-state index contributed by atoms with van der Waals surface area (Å²) in [7, 11) is 1.18. The van der Waals surface area contributed by atoms with Crippen molar-refractivity contribution in [1.29, 1.82) is 5.41 Å². The number of Topliss-reactive ketones (excluding diaryl/α,β-unsaturated/α-hetero) is 1. The number of ketones is 1. The third kappa shape index (κ3) is 5.51. The standard InChI is InChI=1S/C8H11N2O4.Fm/c1-14-8(13)7(10-5-11)3-2-6(12)4-9;/h4,7,9H,2-3H2,1H3,(H,10,11);/q-1;. The average Bonchev–Trinajstić information content (AvgIpc) is 2.22. The van der Waals surface area contributed by atoms with E-state index < -0.39 is 17.8 Å². The van der Waals surface area contributed by atoms with Crippen LogP contribution in [0.2, 0.25) is 0 Å². The third-order valence-corrected chi connectivity index (χ3v) is 1.56. The van der Waals surface area contributed by atoms with E-state index in [1.807, 2.05) is 0 Å². The fraction of sp³-hybridized carbons (Fsp3) is 0.500. The Bertz CT molecular complexity index is 245. The number of esters is 1. The van der Waals surface area contributed by atoms with Crippen molar-refractivity contribution in [1.82, 2.24) is 5.32 Å². The van der Waals surface area contributed by atoms with E-state index >= 15 is 0 Å². The Balaban J connectivity index is 0. The molecule has 7 heteroatoms. The molecule has 0 aliphatic rings. The summed E-state index contributed by atoms with van der Waals surface area (Å²) in [5.74, 6) is -1.04. The van der Waals surface area contributed by atoms with Gasteiger partial charge >= 0.3 is 5.97 Å². The molecule has 90 valence electrons. The summed E-state index contributed by atoms with van der Waals surface area (Å²) >= 11 is 0. The number of carbonyl (C=O) groups is 2. The van der Waals surface area contributed by atoms with Crippen LogP contribution in [0.25, 0.3) is 0 Å². The quantitative estimate of drug-likeness (QED) is 0.227. The van der Waals surface area contributed by atoms with Crippen molar-refractivity contribution in [3.8, 4) is 0 Å². The average molecular weight is 456 g/mol. The van der Waals surface area contributed by atoms with E-state index in [0.29, 0.717) is 6.21 Å². The number of hydrogen-bond acceptors (Lipinski definition) is 5. The van der Waals surface area contributed by atoms with Gasteiger partial charge in [0, 0.05) is 6.42 Å². The minimum Gasteiger partial charge on any atom is -0.520 e. The van der Waals surface area contributed by atoms with Crippen molar-refractivity contribution >= 4 is 24.4 Å². The molecule has 0 fully saturated rings. The Morgan fingerprint density at radius 2 is 2.20 bits per heavy atom. The molecule has 0 bridgehead atoms. The van der Waals surface area contributed by atoms with Gasteiger partial charge in [-0.05, 0) is 6.42 Å². The van der Waals surface area contributed by atoms with E-state index in [1.54, 1.807) is 0 Å². The summed E-state index contributed by atoms with van der Waals surface area (Å²) in [6.45, 7) is 0. The summed E-state index contributed by atoms with van der Waals surface area (Å²) in [5, 5.41) is 8.72. The first-order valence-corrected chi connectivity index (χ1v) is 3.89. The predicted molar refractivity (Wildman–Crippen MR) is 47.7 cm³/mol. The summed E-state index contributed by atoms with van der Waals surface area (Å²) in [4.78, 5) is 31.7. The minimum atomic E-state index is -0.874. The van der Waals surface area contributed by atoms with Crippen molar-refractivity contribution in [3.63, 3.8) is 0 Å². The second-order valence-corrected chi connectivity index (χ2v) is 2.47. The van der Waals surface area contributed by atoms with Crippen LogP contribution < -0.4 is 5.32 Å². The van der Waals surface area contributed by atoms with Crippen molar-refractivity contribution in [2.45, 2.75) is 18.9 Å². The van der Waals surface area contributed by atoms with E-state index in [0.717, 1.165) is 0 Å². The molecule has 15 heavy (non-hydrogen) atoms. The second kappa shape index (κ2) is 7.90. The number of methoxy groups -OCH3 is 1. The molecule has 0 spiro atoms. The molecule has 0 aromatic rings. The Labute approximate surface area is 81.1 Å². The van der Waals surface area contributed by atoms with Gasteiger partial charge in [-0.2, -0.15) is 6.41 Å². The van der Waals surface area contributed by atoms with Gasteiger partial charge in [0.15, 0.2) is 5.78 Å². The van der Waals surface area contributed by atoms with E-state index in [4.69, 9.17) is 5.41 Å². The van der Waals surface area contributed by atoms with E-state index in [-0.39, 0.29) is 12.8 Å². The Morgan fingerprint density at radius 1 is 1.60 bits per heavy atom. The van der Waals surface area contributed by atoms with Gasteiger partial charge in [0.1, 0.15) is 0 Å². The SMILES string of the molecule is COC(=O)C(CCC(=O)C=N)N[C-]=O.[Fm]. The second-order valence-electron chi connectivity index (χ2n) is 2.47. The van der Waals surface area contributed by atoms with Gasteiger partial charge in [0.05, 0.1) is 19.4 Å². The molecule has 1 unspecified atom stereocenters. The maximum atomic E-state index is 11.0. The molecule has 1 amide bonds. The van der Waals surface area contributed by atoms with Crippen LogP contribution in [0.1, 0.15) is 12.8 Å².